The highest BCUT2D eigenvalue weighted by atomic mass is 35.5. The van der Waals surface area contributed by atoms with Gasteiger partial charge in [-0.3, -0.25) is 4.99 Å². The molecule has 0 aliphatic rings. The fraction of sp³-hybridized carbons (Fsp3) is 0.375. The first-order valence-electron chi connectivity index (χ1n) is 7.31. The fourth-order valence-corrected chi connectivity index (χ4v) is 2.66. The minimum Gasteiger partial charge on any atom is -0.444 e. The molecular weight excluding hydrogens is 335 g/mol. The van der Waals surface area contributed by atoms with Crippen LogP contribution >= 0.6 is 23.2 Å². The van der Waals surface area contributed by atoms with Crippen molar-refractivity contribution in [3.63, 3.8) is 0 Å². The third-order valence-corrected chi connectivity index (χ3v) is 4.14. The maximum Gasteiger partial charge on any atom is 0.214 e. The van der Waals surface area contributed by atoms with Crippen molar-refractivity contribution in [3.05, 3.63) is 51.2 Å². The van der Waals surface area contributed by atoms with Crippen LogP contribution in [-0.4, -0.2) is 24.5 Å². The Hall–Kier alpha value is -1.72. The largest absolute Gasteiger partial charge is 0.444 e. The van der Waals surface area contributed by atoms with E-state index in [2.05, 4.69) is 20.6 Å². The van der Waals surface area contributed by atoms with Gasteiger partial charge in [0.1, 0.15) is 5.76 Å². The van der Waals surface area contributed by atoms with Crippen LogP contribution in [0.5, 0.6) is 0 Å². The number of benzene rings is 1. The Morgan fingerprint density at radius 1 is 1.22 bits per heavy atom. The monoisotopic (exact) mass is 354 g/mol. The molecule has 2 aromatic rings. The lowest BCUT2D eigenvalue weighted by molar-refractivity contribution is 0.464. The van der Waals surface area contributed by atoms with E-state index in [1.165, 1.54) is 0 Å². The second-order valence-corrected chi connectivity index (χ2v) is 5.87. The van der Waals surface area contributed by atoms with Gasteiger partial charge in [-0.1, -0.05) is 29.3 Å². The Morgan fingerprint density at radius 2 is 1.91 bits per heavy atom. The molecular formula is C16H20Cl2N4O. The van der Waals surface area contributed by atoms with Gasteiger partial charge in [0.2, 0.25) is 5.89 Å². The molecule has 2 N–H and O–H groups in total. The zero-order valence-electron chi connectivity index (χ0n) is 13.4. The van der Waals surface area contributed by atoms with Crippen LogP contribution in [-0.2, 0) is 13.0 Å². The van der Waals surface area contributed by atoms with Gasteiger partial charge < -0.3 is 15.1 Å². The molecule has 23 heavy (non-hydrogen) atoms. The fourth-order valence-electron chi connectivity index (χ4n) is 2.07. The Kier molecular flexibility index (Phi) is 6.30. The van der Waals surface area contributed by atoms with Crippen molar-refractivity contribution in [3.8, 4) is 0 Å². The van der Waals surface area contributed by atoms with Gasteiger partial charge in [0, 0.05) is 23.6 Å². The normalized spacial score (nSPS) is 11.6. The SMILES string of the molecule is CN=C(NCCc1c(Cl)cccc1Cl)NCc1nc(C)c(C)o1. The minimum atomic E-state index is 0.473. The van der Waals surface area contributed by atoms with Gasteiger partial charge in [-0.15, -0.1) is 0 Å². The van der Waals surface area contributed by atoms with Crippen LogP contribution in [0.4, 0.5) is 0 Å². The van der Waals surface area contributed by atoms with Gasteiger partial charge in [0.25, 0.3) is 0 Å². The zero-order valence-corrected chi connectivity index (χ0v) is 14.9. The molecule has 0 saturated heterocycles. The second-order valence-electron chi connectivity index (χ2n) is 5.05. The van der Waals surface area contributed by atoms with Crippen molar-refractivity contribution in [2.75, 3.05) is 13.6 Å². The molecule has 0 bridgehead atoms. The Morgan fingerprint density at radius 3 is 2.48 bits per heavy atom. The molecule has 1 aromatic carbocycles. The molecule has 2 rings (SSSR count). The van der Waals surface area contributed by atoms with Gasteiger partial charge in [0.05, 0.1) is 12.2 Å². The zero-order chi connectivity index (χ0) is 16.8. The number of oxazole rings is 1. The number of aromatic nitrogens is 1. The highest BCUT2D eigenvalue weighted by Gasteiger charge is 2.08. The molecule has 0 unspecified atom stereocenters. The average Bonchev–Trinajstić information content (AvgIpc) is 2.84. The van der Waals surface area contributed by atoms with Crippen LogP contribution in [0, 0.1) is 13.8 Å². The van der Waals surface area contributed by atoms with Crippen LogP contribution in [0.1, 0.15) is 22.9 Å². The topological polar surface area (TPSA) is 62.5 Å². The van der Waals surface area contributed by atoms with Gasteiger partial charge in [-0.2, -0.15) is 0 Å². The maximum absolute atomic E-state index is 6.16. The number of aryl methyl sites for hydroxylation is 2. The first-order valence-corrected chi connectivity index (χ1v) is 8.07. The molecule has 0 aliphatic heterocycles. The first kappa shape index (κ1) is 17.6. The number of rotatable bonds is 5. The first-order chi connectivity index (χ1) is 11.0. The van der Waals surface area contributed by atoms with Crippen LogP contribution in [0.2, 0.25) is 10.0 Å². The summed E-state index contributed by atoms with van der Waals surface area (Å²) in [4.78, 5) is 8.49. The summed E-state index contributed by atoms with van der Waals surface area (Å²) >= 11 is 12.3. The van der Waals surface area contributed by atoms with Crippen LogP contribution in [0.25, 0.3) is 0 Å². The predicted molar refractivity (Wildman–Crippen MR) is 94.3 cm³/mol. The quantitative estimate of drug-likeness (QED) is 0.637. The number of hydrogen-bond acceptors (Lipinski definition) is 3. The number of nitrogens with one attached hydrogen (secondary N) is 2. The van der Waals surface area contributed by atoms with Gasteiger partial charge >= 0.3 is 0 Å². The summed E-state index contributed by atoms with van der Waals surface area (Å²) < 4.78 is 5.52. The molecule has 0 radical (unpaired) electrons. The molecule has 0 fully saturated rings. The highest BCUT2D eigenvalue weighted by Crippen LogP contribution is 2.24. The molecule has 0 amide bonds. The maximum atomic E-state index is 6.16. The average molecular weight is 355 g/mol. The number of halogens is 2. The highest BCUT2D eigenvalue weighted by molar-refractivity contribution is 6.35. The van der Waals surface area contributed by atoms with Crippen molar-refractivity contribution in [1.29, 1.82) is 0 Å². The van der Waals surface area contributed by atoms with E-state index < -0.39 is 0 Å². The summed E-state index contributed by atoms with van der Waals surface area (Å²) in [6.45, 7) is 4.95. The Bertz CT molecular complexity index is 658. The molecule has 0 atom stereocenters. The van der Waals surface area contributed by atoms with Crippen molar-refractivity contribution in [1.82, 2.24) is 15.6 Å². The summed E-state index contributed by atoms with van der Waals surface area (Å²) in [6, 6.07) is 5.51. The molecule has 0 spiro atoms. The number of guanidine groups is 1. The second kappa shape index (κ2) is 8.22. The van der Waals surface area contributed by atoms with Crippen molar-refractivity contribution < 1.29 is 4.42 Å². The summed E-state index contributed by atoms with van der Waals surface area (Å²) in [5.41, 5.74) is 1.83. The minimum absolute atomic E-state index is 0.473. The molecule has 1 heterocycles. The molecule has 0 saturated carbocycles. The van der Waals surface area contributed by atoms with Gasteiger partial charge in [-0.25, -0.2) is 4.98 Å². The Labute approximate surface area is 146 Å². The molecule has 0 aliphatic carbocycles. The lowest BCUT2D eigenvalue weighted by atomic mass is 10.1. The van der Waals surface area contributed by atoms with Crippen LogP contribution < -0.4 is 10.6 Å². The van der Waals surface area contributed by atoms with Crippen molar-refractivity contribution in [2.45, 2.75) is 26.8 Å². The smallest absolute Gasteiger partial charge is 0.214 e. The van der Waals surface area contributed by atoms with E-state index in [-0.39, 0.29) is 0 Å². The number of nitrogens with zero attached hydrogens (tertiary/aromatic N) is 2. The van der Waals surface area contributed by atoms with Crippen molar-refractivity contribution in [2.24, 2.45) is 4.99 Å². The summed E-state index contributed by atoms with van der Waals surface area (Å²) in [5.74, 6) is 2.14. The standard InChI is InChI=1S/C16H20Cl2N4O/c1-10-11(2)23-15(22-10)9-21-16(19-3)20-8-7-12-13(17)5-4-6-14(12)18/h4-6H,7-9H2,1-3H3,(H2,19,20,21). The lowest BCUT2D eigenvalue weighted by Crippen LogP contribution is -2.38. The molecule has 124 valence electrons. The molecule has 7 heteroatoms. The van der Waals surface area contributed by atoms with E-state index in [1.807, 2.05) is 32.0 Å². The molecule has 1 aromatic heterocycles. The van der Waals surface area contributed by atoms with Gasteiger partial charge in [0.15, 0.2) is 5.96 Å². The van der Waals surface area contributed by atoms with Crippen molar-refractivity contribution >= 4 is 29.2 Å². The summed E-state index contributed by atoms with van der Waals surface area (Å²) in [7, 11) is 1.71. The van der Waals surface area contributed by atoms with E-state index in [0.717, 1.165) is 17.0 Å². The molecule has 5 nitrogen and oxygen atoms in total. The van der Waals surface area contributed by atoms with E-state index in [1.54, 1.807) is 7.05 Å². The van der Waals surface area contributed by atoms with Gasteiger partial charge in [-0.05, 0) is 38.0 Å². The third-order valence-electron chi connectivity index (χ3n) is 3.43. The van der Waals surface area contributed by atoms with E-state index >= 15 is 0 Å². The lowest BCUT2D eigenvalue weighted by Gasteiger charge is -2.12. The van der Waals surface area contributed by atoms with Crippen LogP contribution in [0.15, 0.2) is 27.6 Å². The van der Waals surface area contributed by atoms with E-state index in [9.17, 15) is 0 Å². The van der Waals surface area contributed by atoms with Crippen LogP contribution in [0.3, 0.4) is 0 Å². The predicted octanol–water partition coefficient (Wildman–Crippen LogP) is 3.51. The third kappa shape index (κ3) is 4.88. The summed E-state index contributed by atoms with van der Waals surface area (Å²) in [6.07, 6.45) is 0.705. The van der Waals surface area contributed by atoms with E-state index in [4.69, 9.17) is 27.6 Å². The number of hydrogen-bond donors (Lipinski definition) is 2. The Balaban J connectivity index is 1.83. The summed E-state index contributed by atoms with van der Waals surface area (Å²) in [5, 5.41) is 7.72. The number of aliphatic imine (C=N–C) groups is 1. The van der Waals surface area contributed by atoms with E-state index in [0.29, 0.717) is 41.4 Å².